The van der Waals surface area contributed by atoms with Gasteiger partial charge in [0, 0.05) is 12.1 Å². The van der Waals surface area contributed by atoms with Crippen LogP contribution in [0.2, 0.25) is 0 Å². The van der Waals surface area contributed by atoms with Crippen LogP contribution in [-0.4, -0.2) is 21.9 Å². The van der Waals surface area contributed by atoms with Gasteiger partial charge in [-0.15, -0.1) is 0 Å². The third kappa shape index (κ3) is 3.98. The molecule has 0 aliphatic heterocycles. The number of benzene rings is 3. The lowest BCUT2D eigenvalue weighted by atomic mass is 10.0. The second-order valence-corrected chi connectivity index (χ2v) is 5.94. The summed E-state index contributed by atoms with van der Waals surface area (Å²) in [6, 6.07) is 25.9. The summed E-state index contributed by atoms with van der Waals surface area (Å²) in [6.45, 7) is 0.209. The summed E-state index contributed by atoms with van der Waals surface area (Å²) >= 11 is 0. The van der Waals surface area contributed by atoms with Crippen molar-refractivity contribution >= 4 is 11.9 Å². The van der Waals surface area contributed by atoms with E-state index in [1.54, 1.807) is 48.5 Å². The molecule has 3 rings (SSSR count). The van der Waals surface area contributed by atoms with E-state index < -0.39 is 12.0 Å². The first-order valence-corrected chi connectivity index (χ1v) is 8.34. The van der Waals surface area contributed by atoms with E-state index in [0.29, 0.717) is 11.1 Å². The summed E-state index contributed by atoms with van der Waals surface area (Å²) in [6.07, 6.45) is 0. The van der Waals surface area contributed by atoms with Crippen molar-refractivity contribution in [2.45, 2.75) is 12.6 Å². The quantitative estimate of drug-likeness (QED) is 0.730. The van der Waals surface area contributed by atoms with E-state index in [9.17, 15) is 14.7 Å². The number of carbonyl (C=O) groups excluding carboxylic acids is 1. The predicted molar refractivity (Wildman–Crippen MR) is 99.6 cm³/mol. The molecule has 3 aromatic rings. The van der Waals surface area contributed by atoms with Crippen molar-refractivity contribution in [3.05, 3.63) is 108 Å². The van der Waals surface area contributed by atoms with E-state index in [-0.39, 0.29) is 12.5 Å². The van der Waals surface area contributed by atoms with Crippen LogP contribution >= 0.6 is 0 Å². The highest BCUT2D eigenvalue weighted by Gasteiger charge is 2.31. The second kappa shape index (κ2) is 8.12. The molecule has 0 fully saturated rings. The average molecular weight is 345 g/mol. The van der Waals surface area contributed by atoms with Gasteiger partial charge in [0.25, 0.3) is 5.91 Å². The number of hydrogen-bond acceptors (Lipinski definition) is 2. The van der Waals surface area contributed by atoms with Gasteiger partial charge in [-0.05, 0) is 23.3 Å². The summed E-state index contributed by atoms with van der Waals surface area (Å²) in [5.41, 5.74) is 1.91. The number of amides is 1. The first kappa shape index (κ1) is 17.4. The van der Waals surface area contributed by atoms with E-state index >= 15 is 0 Å². The third-order valence-corrected chi connectivity index (χ3v) is 4.14. The molecule has 130 valence electrons. The average Bonchev–Trinajstić information content (AvgIpc) is 2.69. The SMILES string of the molecule is O=C(O)[C@H](c1ccccc1)N(Cc1ccccc1)C(=O)c1ccccc1. The van der Waals surface area contributed by atoms with E-state index in [1.807, 2.05) is 42.5 Å². The molecule has 0 saturated carbocycles. The molecule has 0 spiro atoms. The van der Waals surface area contributed by atoms with Crippen LogP contribution in [0.3, 0.4) is 0 Å². The zero-order valence-corrected chi connectivity index (χ0v) is 14.2. The molecule has 0 heterocycles. The van der Waals surface area contributed by atoms with Crippen LogP contribution in [-0.2, 0) is 11.3 Å². The Bertz CT molecular complexity index is 864. The topological polar surface area (TPSA) is 57.6 Å². The van der Waals surface area contributed by atoms with Crippen LogP contribution < -0.4 is 0 Å². The van der Waals surface area contributed by atoms with Gasteiger partial charge in [-0.3, -0.25) is 4.79 Å². The van der Waals surface area contributed by atoms with Crippen molar-refractivity contribution in [1.29, 1.82) is 0 Å². The number of hydrogen-bond donors (Lipinski definition) is 1. The molecule has 4 nitrogen and oxygen atoms in total. The summed E-state index contributed by atoms with van der Waals surface area (Å²) in [4.78, 5) is 26.6. The maximum absolute atomic E-state index is 13.1. The number of rotatable bonds is 6. The predicted octanol–water partition coefficient (Wildman–Crippen LogP) is 4.15. The van der Waals surface area contributed by atoms with Crippen LogP contribution in [0.5, 0.6) is 0 Å². The number of carboxylic acid groups (broad SMARTS) is 1. The minimum atomic E-state index is -1.07. The van der Waals surface area contributed by atoms with Crippen LogP contribution in [0.4, 0.5) is 0 Å². The maximum Gasteiger partial charge on any atom is 0.331 e. The summed E-state index contributed by atoms with van der Waals surface area (Å²) in [5.74, 6) is -1.37. The molecule has 3 aromatic carbocycles. The number of carbonyl (C=O) groups is 2. The molecule has 0 unspecified atom stereocenters. The molecule has 0 aliphatic rings. The standard InChI is InChI=1S/C22H19NO3/c24-21(19-14-8-3-9-15-19)23(16-17-10-4-1-5-11-17)20(22(25)26)18-12-6-2-7-13-18/h1-15,20H,16H2,(H,25,26)/t20-/m0/s1. The molecular formula is C22H19NO3. The Hall–Kier alpha value is -3.40. The largest absolute Gasteiger partial charge is 0.479 e. The van der Waals surface area contributed by atoms with E-state index in [4.69, 9.17) is 0 Å². The molecule has 0 radical (unpaired) electrons. The molecule has 0 bridgehead atoms. The molecule has 0 saturated heterocycles. The van der Waals surface area contributed by atoms with Crippen LogP contribution in [0, 0.1) is 0 Å². The monoisotopic (exact) mass is 345 g/mol. The van der Waals surface area contributed by atoms with Gasteiger partial charge in [0.2, 0.25) is 0 Å². The van der Waals surface area contributed by atoms with Crippen molar-refractivity contribution < 1.29 is 14.7 Å². The maximum atomic E-state index is 13.1. The first-order valence-electron chi connectivity index (χ1n) is 8.34. The summed E-state index contributed by atoms with van der Waals surface area (Å²) in [7, 11) is 0. The lowest BCUT2D eigenvalue weighted by molar-refractivity contribution is -0.142. The molecule has 4 heteroatoms. The van der Waals surface area contributed by atoms with E-state index in [1.165, 1.54) is 4.90 Å². The van der Waals surface area contributed by atoms with Gasteiger partial charge in [-0.2, -0.15) is 0 Å². The highest BCUT2D eigenvalue weighted by atomic mass is 16.4. The lowest BCUT2D eigenvalue weighted by Gasteiger charge is -2.29. The van der Waals surface area contributed by atoms with Crippen LogP contribution in [0.1, 0.15) is 27.5 Å². The zero-order valence-electron chi connectivity index (χ0n) is 14.2. The Morgan fingerprint density at radius 3 is 1.81 bits per heavy atom. The Morgan fingerprint density at radius 1 is 0.769 bits per heavy atom. The molecule has 0 aromatic heterocycles. The van der Waals surface area contributed by atoms with Crippen LogP contribution in [0.25, 0.3) is 0 Å². The van der Waals surface area contributed by atoms with Gasteiger partial charge in [0.15, 0.2) is 6.04 Å². The smallest absolute Gasteiger partial charge is 0.331 e. The van der Waals surface area contributed by atoms with Gasteiger partial charge in [0.05, 0.1) is 0 Å². The minimum absolute atomic E-state index is 0.209. The molecule has 1 amide bonds. The first-order chi connectivity index (χ1) is 12.7. The van der Waals surface area contributed by atoms with Gasteiger partial charge < -0.3 is 10.0 Å². The highest BCUT2D eigenvalue weighted by Crippen LogP contribution is 2.25. The molecule has 1 N–H and O–H groups in total. The Balaban J connectivity index is 2.03. The number of aliphatic carboxylic acids is 1. The summed E-state index contributed by atoms with van der Waals surface area (Å²) in [5, 5.41) is 9.88. The van der Waals surface area contributed by atoms with Gasteiger partial charge in [-0.25, -0.2) is 4.79 Å². The molecule has 0 aliphatic carbocycles. The lowest BCUT2D eigenvalue weighted by Crippen LogP contribution is -2.38. The molecule has 1 atom stereocenters. The van der Waals surface area contributed by atoms with Crippen molar-refractivity contribution in [3.63, 3.8) is 0 Å². The third-order valence-electron chi connectivity index (χ3n) is 4.14. The highest BCUT2D eigenvalue weighted by molar-refractivity contribution is 5.96. The number of carboxylic acids is 1. The van der Waals surface area contributed by atoms with Crippen molar-refractivity contribution in [2.24, 2.45) is 0 Å². The summed E-state index contributed by atoms with van der Waals surface area (Å²) < 4.78 is 0. The molecule has 26 heavy (non-hydrogen) atoms. The normalized spacial score (nSPS) is 11.5. The Labute approximate surface area is 152 Å². The zero-order chi connectivity index (χ0) is 18.4. The fourth-order valence-electron chi connectivity index (χ4n) is 2.90. The van der Waals surface area contributed by atoms with Crippen molar-refractivity contribution in [1.82, 2.24) is 4.90 Å². The van der Waals surface area contributed by atoms with E-state index in [0.717, 1.165) is 5.56 Å². The molecular weight excluding hydrogens is 326 g/mol. The van der Waals surface area contributed by atoms with Gasteiger partial charge in [0.1, 0.15) is 0 Å². The Morgan fingerprint density at radius 2 is 1.27 bits per heavy atom. The fourth-order valence-corrected chi connectivity index (χ4v) is 2.90. The second-order valence-electron chi connectivity index (χ2n) is 5.94. The van der Waals surface area contributed by atoms with Crippen molar-refractivity contribution in [2.75, 3.05) is 0 Å². The van der Waals surface area contributed by atoms with Crippen LogP contribution in [0.15, 0.2) is 91.0 Å². The van der Waals surface area contributed by atoms with Crippen molar-refractivity contribution in [3.8, 4) is 0 Å². The minimum Gasteiger partial charge on any atom is -0.479 e. The van der Waals surface area contributed by atoms with Gasteiger partial charge >= 0.3 is 5.97 Å². The van der Waals surface area contributed by atoms with E-state index in [2.05, 4.69) is 0 Å². The Kier molecular flexibility index (Phi) is 5.44. The fraction of sp³-hybridized carbons (Fsp3) is 0.0909. The van der Waals surface area contributed by atoms with Gasteiger partial charge in [-0.1, -0.05) is 78.9 Å². The number of nitrogens with zero attached hydrogens (tertiary/aromatic N) is 1.